The van der Waals surface area contributed by atoms with E-state index < -0.39 is 11.8 Å². The van der Waals surface area contributed by atoms with Crippen LogP contribution in [0.15, 0.2) is 18.3 Å². The van der Waals surface area contributed by atoms with Crippen molar-refractivity contribution in [2.24, 2.45) is 0 Å². The van der Waals surface area contributed by atoms with Crippen LogP contribution in [0.3, 0.4) is 0 Å². The summed E-state index contributed by atoms with van der Waals surface area (Å²) in [6.45, 7) is 3.81. The first-order valence-corrected chi connectivity index (χ1v) is 8.56. The van der Waals surface area contributed by atoms with Gasteiger partial charge in [-0.1, -0.05) is 11.3 Å². The molecule has 2 aromatic rings. The molecular formula is C16H18FN3O2S. The Morgan fingerprint density at radius 3 is 2.83 bits per heavy atom. The highest BCUT2D eigenvalue weighted by Crippen LogP contribution is 2.34. The second-order valence-electron chi connectivity index (χ2n) is 5.28. The summed E-state index contributed by atoms with van der Waals surface area (Å²) in [6, 6.07) is 2.83. The molecule has 0 bridgehead atoms. The molecular weight excluding hydrogens is 317 g/mol. The van der Waals surface area contributed by atoms with Crippen LogP contribution >= 0.6 is 11.3 Å². The number of thiazole rings is 1. The van der Waals surface area contributed by atoms with E-state index in [2.05, 4.69) is 14.9 Å². The Bertz CT molecular complexity index is 698. The first kappa shape index (κ1) is 15.9. The molecule has 3 heterocycles. The van der Waals surface area contributed by atoms with E-state index in [-0.39, 0.29) is 18.0 Å². The second-order valence-corrected chi connectivity index (χ2v) is 6.25. The lowest BCUT2D eigenvalue weighted by atomic mass is 10.1. The van der Waals surface area contributed by atoms with E-state index >= 15 is 0 Å². The average molecular weight is 335 g/mol. The molecule has 7 heteroatoms. The van der Waals surface area contributed by atoms with Gasteiger partial charge in [0.15, 0.2) is 10.9 Å². The van der Waals surface area contributed by atoms with Crippen molar-refractivity contribution >= 4 is 22.4 Å². The van der Waals surface area contributed by atoms with Gasteiger partial charge in [-0.15, -0.1) is 0 Å². The highest BCUT2D eigenvalue weighted by atomic mass is 32.1. The number of carbonyl (C=O) groups is 1. The fraction of sp³-hybridized carbons (Fsp3) is 0.438. The lowest BCUT2D eigenvalue weighted by Crippen LogP contribution is -2.29. The fourth-order valence-corrected chi connectivity index (χ4v) is 3.60. The third kappa shape index (κ3) is 3.34. The number of ether oxygens (including phenoxy) is 1. The zero-order chi connectivity index (χ0) is 16.2. The van der Waals surface area contributed by atoms with E-state index in [1.165, 1.54) is 36.1 Å². The molecule has 0 radical (unpaired) electrons. The van der Waals surface area contributed by atoms with Crippen LogP contribution in [0.25, 0.3) is 11.4 Å². The van der Waals surface area contributed by atoms with Gasteiger partial charge < -0.3 is 9.64 Å². The number of aromatic nitrogens is 2. The second kappa shape index (κ2) is 7.04. The predicted molar refractivity (Wildman–Crippen MR) is 87.3 cm³/mol. The van der Waals surface area contributed by atoms with Crippen LogP contribution in [0.5, 0.6) is 0 Å². The number of hydrogen-bond donors (Lipinski definition) is 0. The quantitative estimate of drug-likeness (QED) is 0.800. The van der Waals surface area contributed by atoms with Gasteiger partial charge in [0.05, 0.1) is 6.61 Å². The van der Waals surface area contributed by atoms with Crippen molar-refractivity contribution in [3.05, 3.63) is 29.0 Å². The fourth-order valence-electron chi connectivity index (χ4n) is 2.58. The number of carbonyl (C=O) groups excluding carboxylic acids is 1. The van der Waals surface area contributed by atoms with Gasteiger partial charge in [-0.25, -0.2) is 14.2 Å². The van der Waals surface area contributed by atoms with Crippen LogP contribution in [0, 0.1) is 5.82 Å². The highest BCUT2D eigenvalue weighted by Gasteiger charge is 2.26. The molecule has 1 fully saturated rings. The van der Waals surface area contributed by atoms with Crippen LogP contribution in [-0.4, -0.2) is 35.6 Å². The van der Waals surface area contributed by atoms with Gasteiger partial charge in [-0.05, 0) is 38.3 Å². The molecule has 0 amide bonds. The molecule has 1 aliphatic heterocycles. The summed E-state index contributed by atoms with van der Waals surface area (Å²) in [5.74, 6) is -0.971. The van der Waals surface area contributed by atoms with Gasteiger partial charge in [0.1, 0.15) is 16.3 Å². The number of halogens is 1. The van der Waals surface area contributed by atoms with E-state index in [1.54, 1.807) is 6.92 Å². The van der Waals surface area contributed by atoms with Gasteiger partial charge >= 0.3 is 5.97 Å². The Morgan fingerprint density at radius 1 is 1.35 bits per heavy atom. The first-order chi connectivity index (χ1) is 11.2. The zero-order valence-corrected chi connectivity index (χ0v) is 13.7. The predicted octanol–water partition coefficient (Wildman–Crippen LogP) is 3.51. The average Bonchev–Trinajstić information content (AvgIpc) is 3.01. The van der Waals surface area contributed by atoms with Gasteiger partial charge in [0.25, 0.3) is 0 Å². The molecule has 0 saturated carbocycles. The Hall–Kier alpha value is -2.02. The maximum Gasteiger partial charge on any atom is 0.350 e. The van der Waals surface area contributed by atoms with E-state index in [4.69, 9.17) is 4.74 Å². The van der Waals surface area contributed by atoms with E-state index in [0.717, 1.165) is 31.1 Å². The smallest absolute Gasteiger partial charge is 0.350 e. The summed E-state index contributed by atoms with van der Waals surface area (Å²) < 4.78 is 19.2. The summed E-state index contributed by atoms with van der Waals surface area (Å²) in [5, 5.41) is 0.729. The summed E-state index contributed by atoms with van der Waals surface area (Å²) in [7, 11) is 0. The van der Waals surface area contributed by atoms with Crippen molar-refractivity contribution in [2.45, 2.75) is 26.2 Å². The monoisotopic (exact) mass is 335 g/mol. The number of rotatable bonds is 4. The molecule has 0 atom stereocenters. The third-order valence-corrected chi connectivity index (χ3v) is 4.78. The third-order valence-electron chi connectivity index (χ3n) is 3.69. The van der Waals surface area contributed by atoms with Gasteiger partial charge in [-0.2, -0.15) is 0 Å². The number of esters is 1. The summed E-state index contributed by atoms with van der Waals surface area (Å²) in [6.07, 6.45) is 4.89. The van der Waals surface area contributed by atoms with Gasteiger partial charge in [0, 0.05) is 19.3 Å². The van der Waals surface area contributed by atoms with E-state index in [0.29, 0.717) is 4.88 Å². The van der Waals surface area contributed by atoms with Crippen LogP contribution in [-0.2, 0) is 4.74 Å². The molecule has 2 aromatic heterocycles. The minimum Gasteiger partial charge on any atom is -0.462 e. The van der Waals surface area contributed by atoms with Crippen molar-refractivity contribution in [2.75, 3.05) is 24.6 Å². The summed E-state index contributed by atoms with van der Waals surface area (Å²) in [5.41, 5.74) is 0.363. The number of nitrogens with zero attached hydrogens (tertiary/aromatic N) is 3. The lowest BCUT2D eigenvalue weighted by Gasteiger charge is -2.25. The van der Waals surface area contributed by atoms with Gasteiger partial charge in [0.2, 0.25) is 0 Å². The SMILES string of the molecule is CCOC(=O)c1sc(N2CCCCC2)nc1-c1ncccc1F. The Labute approximate surface area is 138 Å². The van der Waals surface area contributed by atoms with Crippen molar-refractivity contribution in [3.8, 4) is 11.4 Å². The number of hydrogen-bond acceptors (Lipinski definition) is 6. The Kier molecular flexibility index (Phi) is 4.85. The largest absolute Gasteiger partial charge is 0.462 e. The molecule has 0 unspecified atom stereocenters. The van der Waals surface area contributed by atoms with Crippen LogP contribution in [0.2, 0.25) is 0 Å². The topological polar surface area (TPSA) is 55.3 Å². The Morgan fingerprint density at radius 2 is 2.13 bits per heavy atom. The molecule has 122 valence electrons. The molecule has 23 heavy (non-hydrogen) atoms. The van der Waals surface area contributed by atoms with Crippen LogP contribution < -0.4 is 4.90 Å². The maximum absolute atomic E-state index is 14.1. The summed E-state index contributed by atoms with van der Waals surface area (Å²) in [4.78, 5) is 23.2. The van der Waals surface area contributed by atoms with Crippen molar-refractivity contribution < 1.29 is 13.9 Å². The van der Waals surface area contributed by atoms with E-state index in [1.807, 2.05) is 0 Å². The molecule has 0 spiro atoms. The highest BCUT2D eigenvalue weighted by molar-refractivity contribution is 7.17. The van der Waals surface area contributed by atoms with Crippen LogP contribution in [0.1, 0.15) is 35.9 Å². The van der Waals surface area contributed by atoms with Crippen molar-refractivity contribution in [3.63, 3.8) is 0 Å². The van der Waals surface area contributed by atoms with Crippen molar-refractivity contribution in [1.29, 1.82) is 0 Å². The molecule has 3 rings (SSSR count). The lowest BCUT2D eigenvalue weighted by molar-refractivity contribution is 0.0532. The molecule has 0 N–H and O–H groups in total. The van der Waals surface area contributed by atoms with E-state index in [9.17, 15) is 9.18 Å². The molecule has 1 saturated heterocycles. The standard InChI is InChI=1S/C16H18FN3O2S/c1-2-22-15(21)14-13(12-11(17)7-6-8-18-12)19-16(23-14)20-9-4-3-5-10-20/h6-8H,2-5,9-10H2,1H3. The number of pyridine rings is 1. The number of piperidine rings is 1. The van der Waals surface area contributed by atoms with Gasteiger partial charge in [-0.3, -0.25) is 4.98 Å². The minimum absolute atomic E-state index is 0.0927. The maximum atomic E-state index is 14.1. The number of anilines is 1. The summed E-state index contributed by atoms with van der Waals surface area (Å²) >= 11 is 1.25. The van der Waals surface area contributed by atoms with Crippen LogP contribution in [0.4, 0.5) is 9.52 Å². The van der Waals surface area contributed by atoms with Crippen molar-refractivity contribution in [1.82, 2.24) is 9.97 Å². The Balaban J connectivity index is 2.03. The minimum atomic E-state index is -0.492. The zero-order valence-electron chi connectivity index (χ0n) is 12.9. The molecule has 1 aliphatic rings. The molecule has 0 aliphatic carbocycles. The first-order valence-electron chi connectivity index (χ1n) is 7.74. The normalized spacial score (nSPS) is 14.8. The molecule has 0 aromatic carbocycles. The molecule has 5 nitrogen and oxygen atoms in total.